The van der Waals surface area contributed by atoms with Gasteiger partial charge in [0.1, 0.15) is 22.8 Å². The molecule has 1 atom stereocenters. The monoisotopic (exact) mass is 335 g/mol. The second-order valence-electron chi connectivity index (χ2n) is 5.16. The predicted octanol–water partition coefficient (Wildman–Crippen LogP) is 3.75. The SMILES string of the molecule is COc1ccc(C2SCC(=O)N2Cc2c(F)cccc2F)cc1. The van der Waals surface area contributed by atoms with Crippen LogP contribution >= 0.6 is 11.8 Å². The van der Waals surface area contributed by atoms with E-state index in [0.29, 0.717) is 5.75 Å². The van der Waals surface area contributed by atoms with Crippen molar-refractivity contribution in [2.75, 3.05) is 12.9 Å². The van der Waals surface area contributed by atoms with Crippen LogP contribution in [-0.4, -0.2) is 23.7 Å². The van der Waals surface area contributed by atoms with Crippen molar-refractivity contribution in [2.45, 2.75) is 11.9 Å². The molecule has 3 nitrogen and oxygen atoms in total. The summed E-state index contributed by atoms with van der Waals surface area (Å²) in [7, 11) is 1.58. The molecule has 1 aliphatic heterocycles. The molecule has 23 heavy (non-hydrogen) atoms. The number of nitrogens with zero attached hydrogens (tertiary/aromatic N) is 1. The highest BCUT2D eigenvalue weighted by molar-refractivity contribution is 8.00. The molecule has 0 N–H and O–H groups in total. The molecule has 1 unspecified atom stereocenters. The molecule has 1 saturated heterocycles. The molecule has 0 aromatic heterocycles. The van der Waals surface area contributed by atoms with Crippen LogP contribution in [0.1, 0.15) is 16.5 Å². The van der Waals surface area contributed by atoms with E-state index in [9.17, 15) is 13.6 Å². The number of thioether (sulfide) groups is 1. The Morgan fingerprint density at radius 1 is 1.17 bits per heavy atom. The normalized spacial score (nSPS) is 17.6. The highest BCUT2D eigenvalue weighted by Crippen LogP contribution is 2.40. The summed E-state index contributed by atoms with van der Waals surface area (Å²) in [6, 6.07) is 11.1. The standard InChI is InChI=1S/C17H15F2NO2S/c1-22-12-7-5-11(6-8-12)17-20(16(21)10-23-17)9-13-14(18)3-2-4-15(13)19/h2-8,17H,9-10H2,1H3. The smallest absolute Gasteiger partial charge is 0.234 e. The molecule has 6 heteroatoms. The maximum atomic E-state index is 13.9. The maximum absolute atomic E-state index is 13.9. The van der Waals surface area contributed by atoms with Crippen molar-refractivity contribution in [3.63, 3.8) is 0 Å². The van der Waals surface area contributed by atoms with E-state index in [-0.39, 0.29) is 23.4 Å². The maximum Gasteiger partial charge on any atom is 0.234 e. The second kappa shape index (κ2) is 6.58. The number of halogens is 2. The Morgan fingerprint density at radius 3 is 2.43 bits per heavy atom. The van der Waals surface area contributed by atoms with Crippen molar-refractivity contribution in [3.05, 3.63) is 65.2 Å². The minimum Gasteiger partial charge on any atom is -0.497 e. The number of rotatable bonds is 4. The number of carbonyl (C=O) groups excluding carboxylic acids is 1. The van der Waals surface area contributed by atoms with Crippen molar-refractivity contribution >= 4 is 17.7 Å². The molecule has 1 fully saturated rings. The summed E-state index contributed by atoms with van der Waals surface area (Å²) in [6.07, 6.45) is 0. The first-order valence-corrected chi connectivity index (χ1v) is 8.13. The third-order valence-corrected chi connectivity index (χ3v) is 5.02. The van der Waals surface area contributed by atoms with Gasteiger partial charge in [-0.25, -0.2) is 8.78 Å². The van der Waals surface area contributed by atoms with Gasteiger partial charge in [0.25, 0.3) is 0 Å². The van der Waals surface area contributed by atoms with Crippen LogP contribution in [0, 0.1) is 11.6 Å². The molecular weight excluding hydrogens is 320 g/mol. The van der Waals surface area contributed by atoms with Crippen LogP contribution in [0.3, 0.4) is 0 Å². The number of hydrogen-bond acceptors (Lipinski definition) is 3. The lowest BCUT2D eigenvalue weighted by atomic mass is 10.1. The summed E-state index contributed by atoms with van der Waals surface area (Å²) in [5.74, 6) is -0.383. The van der Waals surface area contributed by atoms with Gasteiger partial charge in [-0.15, -0.1) is 11.8 Å². The molecule has 0 saturated carbocycles. The second-order valence-corrected chi connectivity index (χ2v) is 6.23. The van der Waals surface area contributed by atoms with Crippen molar-refractivity contribution in [3.8, 4) is 5.75 Å². The van der Waals surface area contributed by atoms with Gasteiger partial charge in [0.05, 0.1) is 19.4 Å². The average Bonchev–Trinajstić information content (AvgIpc) is 2.92. The van der Waals surface area contributed by atoms with Gasteiger partial charge < -0.3 is 9.64 Å². The van der Waals surface area contributed by atoms with Crippen molar-refractivity contribution in [1.82, 2.24) is 4.90 Å². The van der Waals surface area contributed by atoms with Gasteiger partial charge in [0.2, 0.25) is 5.91 Å². The molecular formula is C17H15F2NO2S. The number of methoxy groups -OCH3 is 1. The third kappa shape index (κ3) is 3.17. The summed E-state index contributed by atoms with van der Waals surface area (Å²) < 4.78 is 32.8. The van der Waals surface area contributed by atoms with Crippen LogP contribution in [-0.2, 0) is 11.3 Å². The van der Waals surface area contributed by atoms with E-state index in [4.69, 9.17) is 4.74 Å². The van der Waals surface area contributed by atoms with Crippen molar-refractivity contribution in [2.24, 2.45) is 0 Å². The van der Waals surface area contributed by atoms with Crippen molar-refractivity contribution in [1.29, 1.82) is 0 Å². The van der Waals surface area contributed by atoms with E-state index in [1.807, 2.05) is 12.1 Å². The zero-order valence-corrected chi connectivity index (χ0v) is 13.3. The number of benzene rings is 2. The van der Waals surface area contributed by atoms with Crippen LogP contribution in [0.5, 0.6) is 5.75 Å². The Hall–Kier alpha value is -2.08. The third-order valence-electron chi connectivity index (χ3n) is 3.76. The van der Waals surface area contributed by atoms with Gasteiger partial charge in [0, 0.05) is 5.56 Å². The lowest BCUT2D eigenvalue weighted by Gasteiger charge is -2.24. The van der Waals surface area contributed by atoms with Gasteiger partial charge in [0.15, 0.2) is 0 Å². The first kappa shape index (κ1) is 15.8. The highest BCUT2D eigenvalue weighted by atomic mass is 32.2. The van der Waals surface area contributed by atoms with E-state index >= 15 is 0 Å². The first-order valence-electron chi connectivity index (χ1n) is 7.08. The quantitative estimate of drug-likeness (QED) is 0.852. The van der Waals surface area contributed by atoms with Crippen LogP contribution in [0.25, 0.3) is 0 Å². The zero-order chi connectivity index (χ0) is 16.4. The van der Waals surface area contributed by atoms with Gasteiger partial charge in [-0.2, -0.15) is 0 Å². The number of carbonyl (C=O) groups is 1. The molecule has 0 radical (unpaired) electrons. The Kier molecular flexibility index (Phi) is 4.52. The molecule has 1 heterocycles. The zero-order valence-electron chi connectivity index (χ0n) is 12.5. The predicted molar refractivity (Wildman–Crippen MR) is 85.1 cm³/mol. The molecule has 0 spiro atoms. The van der Waals surface area contributed by atoms with Gasteiger partial charge >= 0.3 is 0 Å². The van der Waals surface area contributed by atoms with Gasteiger partial charge in [-0.05, 0) is 29.8 Å². The van der Waals surface area contributed by atoms with E-state index in [1.54, 1.807) is 19.2 Å². The Balaban J connectivity index is 1.87. The Bertz CT molecular complexity index is 701. The molecule has 3 rings (SSSR count). The lowest BCUT2D eigenvalue weighted by molar-refractivity contribution is -0.128. The molecule has 0 aliphatic carbocycles. The topological polar surface area (TPSA) is 29.5 Å². The highest BCUT2D eigenvalue weighted by Gasteiger charge is 2.33. The summed E-state index contributed by atoms with van der Waals surface area (Å²) in [6.45, 7) is -0.0823. The molecule has 120 valence electrons. The summed E-state index contributed by atoms with van der Waals surface area (Å²) in [5.41, 5.74) is 0.820. The summed E-state index contributed by atoms with van der Waals surface area (Å²) in [4.78, 5) is 13.7. The molecule has 1 amide bonds. The molecule has 2 aromatic carbocycles. The fourth-order valence-electron chi connectivity index (χ4n) is 2.52. The lowest BCUT2D eigenvalue weighted by Crippen LogP contribution is -2.28. The largest absolute Gasteiger partial charge is 0.497 e. The minimum atomic E-state index is -0.636. The van der Waals surface area contributed by atoms with E-state index < -0.39 is 11.6 Å². The molecule has 1 aliphatic rings. The van der Waals surface area contributed by atoms with E-state index in [1.165, 1.54) is 34.9 Å². The molecule has 2 aromatic rings. The summed E-state index contributed by atoms with van der Waals surface area (Å²) in [5, 5.41) is -0.257. The number of amides is 1. The fourth-order valence-corrected chi connectivity index (χ4v) is 3.71. The van der Waals surface area contributed by atoms with E-state index in [0.717, 1.165) is 11.3 Å². The number of ether oxygens (including phenoxy) is 1. The Labute approximate surface area is 137 Å². The van der Waals surface area contributed by atoms with E-state index in [2.05, 4.69) is 0 Å². The van der Waals surface area contributed by atoms with Gasteiger partial charge in [-0.3, -0.25) is 4.79 Å². The minimum absolute atomic E-state index is 0.0816. The van der Waals surface area contributed by atoms with Gasteiger partial charge in [-0.1, -0.05) is 18.2 Å². The fraction of sp³-hybridized carbons (Fsp3) is 0.235. The van der Waals surface area contributed by atoms with Crippen molar-refractivity contribution < 1.29 is 18.3 Å². The summed E-state index contributed by atoms with van der Waals surface area (Å²) >= 11 is 1.45. The van der Waals surface area contributed by atoms with Crippen LogP contribution < -0.4 is 4.74 Å². The first-order chi connectivity index (χ1) is 11.1. The van der Waals surface area contributed by atoms with Crippen LogP contribution in [0.2, 0.25) is 0 Å². The Morgan fingerprint density at radius 2 is 1.83 bits per heavy atom. The average molecular weight is 335 g/mol. The van der Waals surface area contributed by atoms with Crippen LogP contribution in [0.4, 0.5) is 8.78 Å². The van der Waals surface area contributed by atoms with Crippen LogP contribution in [0.15, 0.2) is 42.5 Å². The molecule has 0 bridgehead atoms. The number of hydrogen-bond donors (Lipinski definition) is 0.